The topological polar surface area (TPSA) is 71.4 Å². The van der Waals surface area contributed by atoms with Crippen molar-refractivity contribution in [1.82, 2.24) is 25.2 Å². The van der Waals surface area contributed by atoms with Crippen molar-refractivity contribution in [2.75, 3.05) is 5.32 Å². The first-order valence-electron chi connectivity index (χ1n) is 3.88. The molecule has 0 aliphatic rings. The SMILES string of the molecule is Cn1nncc1CNc1n[nH]c(=S)s1. The van der Waals surface area contributed by atoms with Gasteiger partial charge in [-0.3, -0.25) is 9.78 Å². The van der Waals surface area contributed by atoms with Gasteiger partial charge in [0.05, 0.1) is 18.4 Å². The highest BCUT2D eigenvalue weighted by Gasteiger charge is 2.01. The standard InChI is InChI=1S/C6H8N6S2/c1-12-4(3-8-11-12)2-7-5-9-10-6(13)14-5/h3H,2H2,1H3,(H,7,9)(H,10,13). The van der Waals surface area contributed by atoms with Gasteiger partial charge in [0.25, 0.3) is 0 Å². The maximum absolute atomic E-state index is 4.90. The van der Waals surface area contributed by atoms with Crippen LogP contribution in [0.15, 0.2) is 6.20 Å². The molecule has 14 heavy (non-hydrogen) atoms. The van der Waals surface area contributed by atoms with Crippen LogP contribution in [-0.2, 0) is 13.6 Å². The highest BCUT2D eigenvalue weighted by molar-refractivity contribution is 7.73. The minimum Gasteiger partial charge on any atom is -0.354 e. The van der Waals surface area contributed by atoms with Gasteiger partial charge in [0.1, 0.15) is 0 Å². The van der Waals surface area contributed by atoms with E-state index in [9.17, 15) is 0 Å². The minimum atomic E-state index is 0.639. The van der Waals surface area contributed by atoms with E-state index in [2.05, 4.69) is 25.8 Å². The highest BCUT2D eigenvalue weighted by Crippen LogP contribution is 2.11. The zero-order valence-corrected chi connectivity index (χ0v) is 9.02. The molecular weight excluding hydrogens is 220 g/mol. The van der Waals surface area contributed by atoms with Gasteiger partial charge in [-0.2, -0.15) is 0 Å². The van der Waals surface area contributed by atoms with Gasteiger partial charge in [-0.1, -0.05) is 16.6 Å². The quantitative estimate of drug-likeness (QED) is 0.765. The van der Waals surface area contributed by atoms with Crippen molar-refractivity contribution in [2.24, 2.45) is 7.05 Å². The lowest BCUT2D eigenvalue weighted by Gasteiger charge is -2.00. The van der Waals surface area contributed by atoms with E-state index in [1.165, 1.54) is 11.3 Å². The molecule has 8 heteroatoms. The molecule has 0 saturated heterocycles. The second-order valence-corrected chi connectivity index (χ2v) is 4.29. The summed E-state index contributed by atoms with van der Waals surface area (Å²) in [4.78, 5) is 0. The summed E-state index contributed by atoms with van der Waals surface area (Å²) in [6, 6.07) is 0. The van der Waals surface area contributed by atoms with Crippen LogP contribution < -0.4 is 5.32 Å². The Morgan fingerprint density at radius 3 is 3.14 bits per heavy atom. The van der Waals surface area contributed by atoms with Crippen molar-refractivity contribution in [2.45, 2.75) is 6.54 Å². The van der Waals surface area contributed by atoms with Crippen molar-refractivity contribution in [3.8, 4) is 0 Å². The van der Waals surface area contributed by atoms with Crippen molar-refractivity contribution >= 4 is 28.7 Å². The van der Waals surface area contributed by atoms with Crippen LogP contribution in [-0.4, -0.2) is 25.2 Å². The van der Waals surface area contributed by atoms with E-state index in [1.807, 2.05) is 7.05 Å². The molecule has 6 nitrogen and oxygen atoms in total. The van der Waals surface area contributed by atoms with Crippen LogP contribution in [0, 0.1) is 3.95 Å². The number of aromatic nitrogens is 5. The number of aromatic amines is 1. The first-order chi connectivity index (χ1) is 6.75. The predicted octanol–water partition coefficient (Wildman–Crippen LogP) is 0.941. The fraction of sp³-hybridized carbons (Fsp3) is 0.333. The summed E-state index contributed by atoms with van der Waals surface area (Å²) in [7, 11) is 1.84. The summed E-state index contributed by atoms with van der Waals surface area (Å²) >= 11 is 6.31. The zero-order valence-electron chi connectivity index (χ0n) is 7.39. The molecule has 2 N–H and O–H groups in total. The summed E-state index contributed by atoms with van der Waals surface area (Å²) in [5, 5.41) is 18.1. The Morgan fingerprint density at radius 1 is 1.71 bits per heavy atom. The molecule has 0 aliphatic carbocycles. The second-order valence-electron chi connectivity index (χ2n) is 2.62. The molecule has 2 heterocycles. The van der Waals surface area contributed by atoms with Gasteiger partial charge in [-0.25, -0.2) is 0 Å². The summed E-state index contributed by atoms with van der Waals surface area (Å²) in [5.74, 6) is 0. The number of hydrogen-bond donors (Lipinski definition) is 2. The maximum Gasteiger partial charge on any atom is 0.204 e. The van der Waals surface area contributed by atoms with Crippen LogP contribution in [0.1, 0.15) is 5.69 Å². The molecule has 74 valence electrons. The van der Waals surface area contributed by atoms with Gasteiger partial charge < -0.3 is 5.32 Å². The minimum absolute atomic E-state index is 0.639. The number of anilines is 1. The molecule has 2 rings (SSSR count). The lowest BCUT2D eigenvalue weighted by molar-refractivity contribution is 0.683. The van der Waals surface area contributed by atoms with Crippen molar-refractivity contribution in [1.29, 1.82) is 0 Å². The molecule has 0 radical (unpaired) electrons. The van der Waals surface area contributed by atoms with Crippen molar-refractivity contribution in [3.63, 3.8) is 0 Å². The van der Waals surface area contributed by atoms with Gasteiger partial charge in [0.15, 0.2) is 3.95 Å². The van der Waals surface area contributed by atoms with Gasteiger partial charge >= 0.3 is 0 Å². The van der Waals surface area contributed by atoms with Gasteiger partial charge in [0.2, 0.25) is 5.13 Å². The average molecular weight is 228 g/mol. The van der Waals surface area contributed by atoms with E-state index in [-0.39, 0.29) is 0 Å². The fourth-order valence-corrected chi connectivity index (χ4v) is 1.73. The molecule has 0 unspecified atom stereocenters. The fourth-order valence-electron chi connectivity index (χ4n) is 0.943. The average Bonchev–Trinajstić information content (AvgIpc) is 2.72. The van der Waals surface area contributed by atoms with Crippen LogP contribution >= 0.6 is 23.6 Å². The van der Waals surface area contributed by atoms with Crippen LogP contribution in [0.5, 0.6) is 0 Å². The first kappa shape index (κ1) is 9.28. The number of hydrogen-bond acceptors (Lipinski definition) is 6. The molecule has 0 atom stereocenters. The lowest BCUT2D eigenvalue weighted by atomic mass is 10.5. The molecular formula is C6H8N6S2. The Labute approximate surface area is 89.0 Å². The van der Waals surface area contributed by atoms with Gasteiger partial charge in [0, 0.05) is 7.05 Å². The summed E-state index contributed by atoms with van der Waals surface area (Å²) in [5.41, 5.74) is 0.992. The molecule has 2 aromatic heterocycles. The highest BCUT2D eigenvalue weighted by atomic mass is 32.1. The Hall–Kier alpha value is -1.28. The molecule has 0 bridgehead atoms. The molecule has 0 aliphatic heterocycles. The zero-order chi connectivity index (χ0) is 9.97. The Bertz CT molecular complexity index is 468. The first-order valence-corrected chi connectivity index (χ1v) is 5.11. The third-order valence-corrected chi connectivity index (χ3v) is 2.71. The van der Waals surface area contributed by atoms with Crippen molar-refractivity contribution in [3.05, 3.63) is 15.8 Å². The molecule has 0 aromatic carbocycles. The van der Waals surface area contributed by atoms with Crippen LogP contribution in [0.25, 0.3) is 0 Å². The predicted molar refractivity (Wildman–Crippen MR) is 55.6 cm³/mol. The summed E-state index contributed by atoms with van der Waals surface area (Å²) < 4.78 is 2.37. The number of aryl methyl sites for hydroxylation is 1. The van der Waals surface area contributed by atoms with E-state index >= 15 is 0 Å². The molecule has 0 spiro atoms. The van der Waals surface area contributed by atoms with Crippen LogP contribution in [0.2, 0.25) is 0 Å². The van der Waals surface area contributed by atoms with E-state index in [4.69, 9.17) is 12.2 Å². The van der Waals surface area contributed by atoms with Crippen LogP contribution in [0.3, 0.4) is 0 Å². The van der Waals surface area contributed by atoms with E-state index < -0.39 is 0 Å². The largest absolute Gasteiger partial charge is 0.354 e. The summed E-state index contributed by atoms with van der Waals surface area (Å²) in [6.07, 6.45) is 1.71. The van der Waals surface area contributed by atoms with E-state index in [0.29, 0.717) is 10.5 Å². The molecule has 0 amide bonds. The van der Waals surface area contributed by atoms with Crippen molar-refractivity contribution < 1.29 is 0 Å². The Balaban J connectivity index is 2.01. The van der Waals surface area contributed by atoms with E-state index in [0.717, 1.165) is 10.8 Å². The summed E-state index contributed by atoms with van der Waals surface area (Å²) in [6.45, 7) is 0.639. The normalized spacial score (nSPS) is 10.4. The number of H-pyrrole nitrogens is 1. The van der Waals surface area contributed by atoms with Gasteiger partial charge in [-0.05, 0) is 12.2 Å². The number of nitrogens with one attached hydrogen (secondary N) is 2. The lowest BCUT2D eigenvalue weighted by Crippen LogP contribution is -2.05. The van der Waals surface area contributed by atoms with E-state index in [1.54, 1.807) is 10.9 Å². The van der Waals surface area contributed by atoms with Gasteiger partial charge in [-0.15, -0.1) is 10.2 Å². The molecule has 2 aromatic rings. The molecule has 0 fully saturated rings. The number of nitrogens with zero attached hydrogens (tertiary/aromatic N) is 4. The third kappa shape index (κ3) is 1.96. The maximum atomic E-state index is 4.90. The smallest absolute Gasteiger partial charge is 0.204 e. The van der Waals surface area contributed by atoms with Crippen LogP contribution in [0.4, 0.5) is 5.13 Å². The Morgan fingerprint density at radius 2 is 2.57 bits per heavy atom. The number of rotatable bonds is 3. The second kappa shape index (κ2) is 3.84. The third-order valence-electron chi connectivity index (χ3n) is 1.67. The molecule has 0 saturated carbocycles. The Kier molecular flexibility index (Phi) is 2.55. The monoisotopic (exact) mass is 228 g/mol.